The maximum Gasteiger partial charge on any atom is 0.292 e. The summed E-state index contributed by atoms with van der Waals surface area (Å²) in [5.74, 6) is -0.0607. The van der Waals surface area contributed by atoms with Gasteiger partial charge in [0.15, 0.2) is 5.78 Å². The highest BCUT2D eigenvalue weighted by molar-refractivity contribution is 8.03. The zero-order valence-corrected chi connectivity index (χ0v) is 17.7. The van der Waals surface area contributed by atoms with E-state index in [1.807, 2.05) is 32.0 Å². The third kappa shape index (κ3) is 5.08. The molecule has 0 radical (unpaired) electrons. The van der Waals surface area contributed by atoms with E-state index in [0.717, 1.165) is 4.91 Å². The molecule has 1 unspecified atom stereocenters. The first-order valence-electron chi connectivity index (χ1n) is 9.18. The van der Waals surface area contributed by atoms with Gasteiger partial charge in [-0.3, -0.25) is 14.9 Å². The minimum Gasteiger partial charge on any atom is -0.358 e. The molecule has 0 aliphatic heterocycles. The lowest BCUT2D eigenvalue weighted by molar-refractivity contribution is -0.384. The van der Waals surface area contributed by atoms with Gasteiger partial charge in [0.1, 0.15) is 10.7 Å². The van der Waals surface area contributed by atoms with Gasteiger partial charge in [0.2, 0.25) is 0 Å². The molecule has 1 aliphatic rings. The summed E-state index contributed by atoms with van der Waals surface area (Å²) in [7, 11) is 0. The molecule has 1 aliphatic carbocycles. The van der Waals surface area contributed by atoms with Gasteiger partial charge in [-0.05, 0) is 12.1 Å². The summed E-state index contributed by atoms with van der Waals surface area (Å²) in [5, 5.41) is 14.7. The Kier molecular flexibility index (Phi) is 6.45. The quantitative estimate of drug-likeness (QED) is 0.187. The first kappa shape index (κ1) is 21.1. The van der Waals surface area contributed by atoms with Crippen molar-refractivity contribution >= 4 is 40.5 Å². The van der Waals surface area contributed by atoms with Crippen LogP contribution in [0, 0.1) is 10.1 Å². The molecular weight excluding hydrogens is 408 g/mol. The van der Waals surface area contributed by atoms with Crippen molar-refractivity contribution in [1.29, 1.82) is 0 Å². The predicted octanol–water partition coefficient (Wildman–Crippen LogP) is 6.18. The Morgan fingerprint density at radius 3 is 2.48 bits per heavy atom. The van der Waals surface area contributed by atoms with E-state index in [9.17, 15) is 14.9 Å². The summed E-state index contributed by atoms with van der Waals surface area (Å²) in [6.45, 7) is 4.10. The van der Waals surface area contributed by atoms with Crippen LogP contribution in [0.5, 0.6) is 0 Å². The van der Waals surface area contributed by atoms with E-state index in [-0.39, 0.29) is 16.7 Å². The smallest absolute Gasteiger partial charge is 0.292 e. The lowest BCUT2D eigenvalue weighted by Gasteiger charge is -2.31. The third-order valence-corrected chi connectivity index (χ3v) is 5.81. The third-order valence-electron chi connectivity index (χ3n) is 4.33. The number of halogens is 1. The van der Waals surface area contributed by atoms with Crippen molar-refractivity contribution in [3.05, 3.63) is 92.9 Å². The van der Waals surface area contributed by atoms with Crippen LogP contribution < -0.4 is 5.32 Å². The number of alkyl halides is 1. The van der Waals surface area contributed by atoms with Crippen LogP contribution in [0.15, 0.2) is 77.2 Å². The standard InChI is InChI=1S/C22H21ClN2O3S/c1-15(2)29-20-14-22(23,24-18-10-6-7-11-19(18)25(27)28)13-12-17(20)21(26)16-8-4-3-5-9-16/h3-13,15,24H,14H2,1-2H3. The number of rotatable bonds is 7. The molecule has 2 aromatic carbocycles. The molecule has 29 heavy (non-hydrogen) atoms. The predicted molar refractivity (Wildman–Crippen MR) is 120 cm³/mol. The van der Waals surface area contributed by atoms with Crippen LogP contribution in [0.4, 0.5) is 11.4 Å². The second kappa shape index (κ2) is 8.84. The van der Waals surface area contributed by atoms with Gasteiger partial charge < -0.3 is 5.32 Å². The fraction of sp³-hybridized carbons (Fsp3) is 0.227. The molecule has 3 rings (SSSR count). The molecule has 150 valence electrons. The number of nitrogens with one attached hydrogen (secondary N) is 1. The molecule has 1 atom stereocenters. The van der Waals surface area contributed by atoms with E-state index in [0.29, 0.717) is 23.2 Å². The van der Waals surface area contributed by atoms with Crippen LogP contribution >= 0.6 is 23.4 Å². The summed E-state index contributed by atoms with van der Waals surface area (Å²) in [4.78, 5) is 23.7. The number of nitro groups is 1. The molecule has 2 aromatic rings. The minimum absolute atomic E-state index is 0.0471. The summed E-state index contributed by atoms with van der Waals surface area (Å²) in [6.07, 6.45) is 3.76. The number of anilines is 1. The zero-order chi connectivity index (χ0) is 21.0. The Hall–Kier alpha value is -2.57. The van der Waals surface area contributed by atoms with Gasteiger partial charge in [0, 0.05) is 33.8 Å². The number of thioether (sulfide) groups is 1. The summed E-state index contributed by atoms with van der Waals surface area (Å²) in [5.41, 5.74) is 1.51. The highest BCUT2D eigenvalue weighted by atomic mass is 35.5. The minimum atomic E-state index is -1.07. The number of allylic oxidation sites excluding steroid dienone is 2. The first-order chi connectivity index (χ1) is 13.8. The van der Waals surface area contributed by atoms with Gasteiger partial charge in [-0.15, -0.1) is 11.8 Å². The number of carbonyl (C=O) groups is 1. The second-order valence-corrected chi connectivity index (χ2v) is 9.32. The molecule has 1 N–H and O–H groups in total. The Labute approximate surface area is 179 Å². The SMILES string of the molecule is CC(C)SC1=C(C(=O)c2ccccc2)C=CC(Cl)(Nc2ccccc2[N+](=O)[O-])C1. The lowest BCUT2D eigenvalue weighted by Crippen LogP contribution is -2.33. The van der Waals surface area contributed by atoms with Gasteiger partial charge in [-0.1, -0.05) is 74.0 Å². The van der Waals surface area contributed by atoms with Crippen LogP contribution in [-0.4, -0.2) is 21.0 Å². The molecule has 0 saturated carbocycles. The fourth-order valence-electron chi connectivity index (χ4n) is 3.08. The topological polar surface area (TPSA) is 72.2 Å². The van der Waals surface area contributed by atoms with E-state index in [4.69, 9.17) is 11.6 Å². The molecule has 0 amide bonds. The van der Waals surface area contributed by atoms with E-state index in [2.05, 4.69) is 5.32 Å². The number of hydrogen-bond acceptors (Lipinski definition) is 5. The van der Waals surface area contributed by atoms with Crippen molar-refractivity contribution in [3.8, 4) is 0 Å². The Morgan fingerprint density at radius 2 is 1.83 bits per heavy atom. The number of carbonyl (C=O) groups excluding carboxylic acids is 1. The van der Waals surface area contributed by atoms with Crippen LogP contribution in [0.25, 0.3) is 0 Å². The maximum atomic E-state index is 13.0. The van der Waals surface area contributed by atoms with E-state index >= 15 is 0 Å². The Morgan fingerprint density at radius 1 is 1.17 bits per heavy atom. The number of hydrogen-bond donors (Lipinski definition) is 1. The summed E-state index contributed by atoms with van der Waals surface area (Å²) < 4.78 is 0. The molecule has 0 saturated heterocycles. The molecule has 0 aromatic heterocycles. The van der Waals surface area contributed by atoms with Crippen LogP contribution in [-0.2, 0) is 0 Å². The molecular formula is C22H21ClN2O3S. The Balaban J connectivity index is 1.93. The van der Waals surface area contributed by atoms with Crippen molar-refractivity contribution in [2.45, 2.75) is 30.5 Å². The first-order valence-corrected chi connectivity index (χ1v) is 10.4. The normalized spacial score (nSPS) is 18.8. The van der Waals surface area contributed by atoms with E-state index < -0.39 is 9.92 Å². The summed E-state index contributed by atoms with van der Waals surface area (Å²) in [6, 6.07) is 15.5. The molecule has 7 heteroatoms. The monoisotopic (exact) mass is 428 g/mol. The maximum absolute atomic E-state index is 13.0. The van der Waals surface area contributed by atoms with Crippen molar-refractivity contribution < 1.29 is 9.72 Å². The van der Waals surface area contributed by atoms with E-state index in [1.165, 1.54) is 6.07 Å². The van der Waals surface area contributed by atoms with Crippen LogP contribution in [0.3, 0.4) is 0 Å². The fourth-order valence-corrected chi connectivity index (χ4v) is 4.63. The van der Waals surface area contributed by atoms with Gasteiger partial charge in [-0.2, -0.15) is 0 Å². The number of nitro benzene ring substituents is 1. The van der Waals surface area contributed by atoms with Gasteiger partial charge in [-0.25, -0.2) is 0 Å². The molecule has 5 nitrogen and oxygen atoms in total. The molecule has 0 spiro atoms. The van der Waals surface area contributed by atoms with Crippen molar-refractivity contribution in [3.63, 3.8) is 0 Å². The van der Waals surface area contributed by atoms with Crippen molar-refractivity contribution in [2.24, 2.45) is 0 Å². The zero-order valence-electron chi connectivity index (χ0n) is 16.1. The van der Waals surface area contributed by atoms with Crippen LogP contribution in [0.1, 0.15) is 30.6 Å². The number of para-hydroxylation sites is 2. The molecule has 0 heterocycles. The Bertz CT molecular complexity index is 989. The number of ketones is 1. The highest BCUT2D eigenvalue weighted by Gasteiger charge is 2.34. The number of benzene rings is 2. The van der Waals surface area contributed by atoms with Gasteiger partial charge >= 0.3 is 0 Å². The molecule has 0 bridgehead atoms. The summed E-state index contributed by atoms with van der Waals surface area (Å²) >= 11 is 8.38. The highest BCUT2D eigenvalue weighted by Crippen LogP contribution is 2.42. The van der Waals surface area contributed by atoms with E-state index in [1.54, 1.807) is 54.2 Å². The van der Waals surface area contributed by atoms with Crippen molar-refractivity contribution in [1.82, 2.24) is 0 Å². The van der Waals surface area contributed by atoms with Crippen molar-refractivity contribution in [2.75, 3.05) is 5.32 Å². The number of Topliss-reactive ketones (excluding diaryl/α,β-unsaturated/α-hetero) is 1. The van der Waals surface area contributed by atoms with Crippen LogP contribution in [0.2, 0.25) is 0 Å². The van der Waals surface area contributed by atoms with Gasteiger partial charge in [0.05, 0.1) is 4.92 Å². The average Bonchev–Trinajstić information content (AvgIpc) is 2.68. The second-order valence-electron chi connectivity index (χ2n) is 6.97. The average molecular weight is 429 g/mol. The number of nitrogens with zero attached hydrogens (tertiary/aromatic N) is 1. The lowest BCUT2D eigenvalue weighted by atomic mass is 9.95. The largest absolute Gasteiger partial charge is 0.358 e. The molecule has 0 fully saturated rings. The van der Waals surface area contributed by atoms with Gasteiger partial charge in [0.25, 0.3) is 5.69 Å².